The van der Waals surface area contributed by atoms with Gasteiger partial charge >= 0.3 is 12.0 Å². The first-order chi connectivity index (χ1) is 9.97. The number of nitrogens with zero attached hydrogens (tertiary/aromatic N) is 1. The number of amides is 3. The first kappa shape index (κ1) is 15.6. The van der Waals surface area contributed by atoms with Crippen molar-refractivity contribution in [3.63, 3.8) is 0 Å². The Labute approximate surface area is 124 Å². The van der Waals surface area contributed by atoms with Crippen LogP contribution in [0.2, 0.25) is 0 Å². The van der Waals surface area contributed by atoms with Gasteiger partial charge in [-0.05, 0) is 25.7 Å². The average Bonchev–Trinajstić information content (AvgIpc) is 2.87. The molecule has 3 N–H and O–H groups in total. The maximum Gasteiger partial charge on any atom is 0.317 e. The molecule has 2 aliphatic rings. The van der Waals surface area contributed by atoms with E-state index in [-0.39, 0.29) is 24.0 Å². The lowest BCUT2D eigenvalue weighted by molar-refractivity contribution is -0.142. The van der Waals surface area contributed by atoms with Gasteiger partial charge in [-0.25, -0.2) is 4.79 Å². The lowest BCUT2D eigenvalue weighted by atomic mass is 10.0. The molecular weight excluding hydrogens is 274 g/mol. The van der Waals surface area contributed by atoms with Crippen molar-refractivity contribution in [3.05, 3.63) is 0 Å². The predicted molar refractivity (Wildman–Crippen MR) is 75.7 cm³/mol. The van der Waals surface area contributed by atoms with Gasteiger partial charge in [0.15, 0.2) is 0 Å². The number of hydrogen-bond acceptors (Lipinski definition) is 3. The zero-order valence-corrected chi connectivity index (χ0v) is 12.3. The molecule has 0 aromatic rings. The Bertz CT molecular complexity index is 418. The Hall–Kier alpha value is -1.79. The second-order valence-electron chi connectivity index (χ2n) is 5.89. The molecule has 0 aromatic carbocycles. The van der Waals surface area contributed by atoms with Crippen LogP contribution in [0, 0.1) is 5.92 Å². The van der Waals surface area contributed by atoms with E-state index in [1.54, 1.807) is 4.90 Å². The summed E-state index contributed by atoms with van der Waals surface area (Å²) in [6.07, 6.45) is 3.67. The number of carboxylic acids is 1. The molecule has 2 atom stereocenters. The van der Waals surface area contributed by atoms with Crippen LogP contribution in [0.1, 0.15) is 39.0 Å². The van der Waals surface area contributed by atoms with Gasteiger partial charge in [-0.1, -0.05) is 6.42 Å². The van der Waals surface area contributed by atoms with Crippen molar-refractivity contribution in [1.82, 2.24) is 15.5 Å². The molecule has 1 aliphatic heterocycles. The summed E-state index contributed by atoms with van der Waals surface area (Å²) in [4.78, 5) is 36.0. The van der Waals surface area contributed by atoms with Crippen LogP contribution in [0.3, 0.4) is 0 Å². The molecule has 2 unspecified atom stereocenters. The lowest BCUT2D eigenvalue weighted by Gasteiger charge is -2.33. The SMILES string of the molecule is CC(=O)NC1CCN(C(=O)NC2CCCC2C(=O)O)CC1. The summed E-state index contributed by atoms with van der Waals surface area (Å²) in [6.45, 7) is 2.66. The van der Waals surface area contributed by atoms with Crippen molar-refractivity contribution in [3.8, 4) is 0 Å². The number of aliphatic carboxylic acids is 1. The molecule has 1 aliphatic carbocycles. The third-order valence-corrected chi connectivity index (χ3v) is 4.33. The lowest BCUT2D eigenvalue weighted by Crippen LogP contribution is -2.52. The number of carboxylic acid groups (broad SMARTS) is 1. The molecule has 7 heteroatoms. The Balaban J connectivity index is 1.79. The highest BCUT2D eigenvalue weighted by Gasteiger charge is 2.35. The van der Waals surface area contributed by atoms with E-state index in [1.807, 2.05) is 0 Å². The van der Waals surface area contributed by atoms with Crippen molar-refractivity contribution in [2.45, 2.75) is 51.1 Å². The highest BCUT2D eigenvalue weighted by molar-refractivity contribution is 5.77. The average molecular weight is 297 g/mol. The van der Waals surface area contributed by atoms with E-state index in [9.17, 15) is 14.4 Å². The van der Waals surface area contributed by atoms with Crippen molar-refractivity contribution in [2.24, 2.45) is 5.92 Å². The summed E-state index contributed by atoms with van der Waals surface area (Å²) in [5.74, 6) is -1.35. The predicted octanol–water partition coefficient (Wildman–Crippen LogP) is 0.550. The maximum absolute atomic E-state index is 12.2. The van der Waals surface area contributed by atoms with Gasteiger partial charge < -0.3 is 20.6 Å². The number of nitrogens with one attached hydrogen (secondary N) is 2. The van der Waals surface area contributed by atoms with Gasteiger partial charge in [0.2, 0.25) is 5.91 Å². The minimum Gasteiger partial charge on any atom is -0.481 e. The normalized spacial score (nSPS) is 26.4. The summed E-state index contributed by atoms with van der Waals surface area (Å²) in [5, 5.41) is 14.8. The standard InChI is InChI=1S/C14H23N3O4/c1-9(18)15-10-5-7-17(8-6-10)14(21)16-12-4-2-3-11(12)13(19)20/h10-12H,2-8H2,1H3,(H,15,18)(H,16,21)(H,19,20). The van der Waals surface area contributed by atoms with E-state index in [2.05, 4.69) is 10.6 Å². The third kappa shape index (κ3) is 4.09. The molecule has 0 bridgehead atoms. The van der Waals surface area contributed by atoms with E-state index >= 15 is 0 Å². The molecule has 0 radical (unpaired) electrons. The van der Waals surface area contributed by atoms with Gasteiger partial charge in [0.1, 0.15) is 0 Å². The summed E-state index contributed by atoms with van der Waals surface area (Å²) >= 11 is 0. The van der Waals surface area contributed by atoms with Crippen LogP contribution in [-0.4, -0.2) is 53.1 Å². The van der Waals surface area contributed by atoms with Crippen LogP contribution in [-0.2, 0) is 9.59 Å². The minimum absolute atomic E-state index is 0.0480. The van der Waals surface area contributed by atoms with Crippen LogP contribution in [0.25, 0.3) is 0 Å². The number of carbonyl (C=O) groups is 3. The molecule has 2 fully saturated rings. The fraction of sp³-hybridized carbons (Fsp3) is 0.786. The fourth-order valence-corrected chi connectivity index (χ4v) is 3.19. The second-order valence-corrected chi connectivity index (χ2v) is 5.89. The number of likely N-dealkylation sites (tertiary alicyclic amines) is 1. The molecule has 118 valence electrons. The minimum atomic E-state index is -0.831. The number of piperidine rings is 1. The molecule has 2 rings (SSSR count). The summed E-state index contributed by atoms with van der Waals surface area (Å²) in [5.41, 5.74) is 0. The van der Waals surface area contributed by atoms with Crippen LogP contribution in [0.5, 0.6) is 0 Å². The highest BCUT2D eigenvalue weighted by Crippen LogP contribution is 2.26. The van der Waals surface area contributed by atoms with Crippen LogP contribution in [0.4, 0.5) is 4.79 Å². The Morgan fingerprint density at radius 1 is 1.05 bits per heavy atom. The van der Waals surface area contributed by atoms with Gasteiger partial charge in [-0.15, -0.1) is 0 Å². The van der Waals surface area contributed by atoms with Crippen molar-refractivity contribution in [1.29, 1.82) is 0 Å². The van der Waals surface area contributed by atoms with Gasteiger partial charge in [0, 0.05) is 32.1 Å². The number of urea groups is 1. The molecule has 0 spiro atoms. The van der Waals surface area contributed by atoms with Gasteiger partial charge in [-0.2, -0.15) is 0 Å². The largest absolute Gasteiger partial charge is 0.481 e. The van der Waals surface area contributed by atoms with E-state index in [1.165, 1.54) is 6.92 Å². The maximum atomic E-state index is 12.2. The molecule has 3 amide bonds. The number of rotatable bonds is 3. The number of hydrogen-bond donors (Lipinski definition) is 3. The molecule has 0 aromatic heterocycles. The topological polar surface area (TPSA) is 98.7 Å². The fourth-order valence-electron chi connectivity index (χ4n) is 3.19. The van der Waals surface area contributed by atoms with Crippen LogP contribution < -0.4 is 10.6 Å². The molecule has 1 saturated carbocycles. The third-order valence-electron chi connectivity index (χ3n) is 4.33. The van der Waals surface area contributed by atoms with Crippen molar-refractivity contribution in [2.75, 3.05) is 13.1 Å². The first-order valence-corrected chi connectivity index (χ1v) is 7.52. The van der Waals surface area contributed by atoms with Crippen LogP contribution in [0.15, 0.2) is 0 Å². The first-order valence-electron chi connectivity index (χ1n) is 7.52. The summed E-state index contributed by atoms with van der Waals surface area (Å²) in [6, 6.07) is -0.317. The van der Waals surface area contributed by atoms with Gasteiger partial charge in [-0.3, -0.25) is 9.59 Å². The van der Waals surface area contributed by atoms with Crippen molar-refractivity contribution < 1.29 is 19.5 Å². The Morgan fingerprint density at radius 3 is 2.29 bits per heavy atom. The van der Waals surface area contributed by atoms with E-state index in [0.717, 1.165) is 25.7 Å². The van der Waals surface area contributed by atoms with Crippen molar-refractivity contribution >= 4 is 17.9 Å². The monoisotopic (exact) mass is 297 g/mol. The second kappa shape index (κ2) is 6.78. The number of carbonyl (C=O) groups excluding carboxylic acids is 2. The zero-order chi connectivity index (χ0) is 15.4. The van der Waals surface area contributed by atoms with E-state index < -0.39 is 11.9 Å². The molecular formula is C14H23N3O4. The zero-order valence-electron chi connectivity index (χ0n) is 12.3. The Morgan fingerprint density at radius 2 is 1.71 bits per heavy atom. The van der Waals surface area contributed by atoms with E-state index in [0.29, 0.717) is 19.5 Å². The summed E-state index contributed by atoms with van der Waals surface area (Å²) in [7, 11) is 0. The van der Waals surface area contributed by atoms with Crippen LogP contribution >= 0.6 is 0 Å². The highest BCUT2D eigenvalue weighted by atomic mass is 16.4. The quantitative estimate of drug-likeness (QED) is 0.708. The van der Waals surface area contributed by atoms with Gasteiger partial charge in [0.25, 0.3) is 0 Å². The molecule has 21 heavy (non-hydrogen) atoms. The smallest absolute Gasteiger partial charge is 0.317 e. The van der Waals surface area contributed by atoms with Gasteiger partial charge in [0.05, 0.1) is 5.92 Å². The van der Waals surface area contributed by atoms with E-state index in [4.69, 9.17) is 5.11 Å². The Kier molecular flexibility index (Phi) is 5.03. The molecule has 7 nitrogen and oxygen atoms in total. The molecule has 1 saturated heterocycles. The molecule has 1 heterocycles. The summed E-state index contributed by atoms with van der Waals surface area (Å²) < 4.78 is 0.